The molecule has 2 aromatic rings. The van der Waals surface area contributed by atoms with Gasteiger partial charge in [0, 0.05) is 29.9 Å². The van der Waals surface area contributed by atoms with Crippen molar-refractivity contribution in [2.75, 3.05) is 5.43 Å². The monoisotopic (exact) mass is 258 g/mol. The van der Waals surface area contributed by atoms with Crippen LogP contribution in [0.3, 0.4) is 0 Å². The summed E-state index contributed by atoms with van der Waals surface area (Å²) >= 11 is 0. The summed E-state index contributed by atoms with van der Waals surface area (Å²) < 4.78 is 1.90. The van der Waals surface area contributed by atoms with Crippen LogP contribution >= 0.6 is 0 Å². The smallest absolute Gasteiger partial charge is 0.165 e. The van der Waals surface area contributed by atoms with Crippen LogP contribution in [0.5, 0.6) is 0 Å². The number of hydrazine groups is 1. The highest BCUT2D eigenvalue weighted by atomic mass is 15.3. The highest BCUT2D eigenvalue weighted by Gasteiger charge is 2.26. The molecular weight excluding hydrogens is 240 g/mol. The summed E-state index contributed by atoms with van der Waals surface area (Å²) in [5.74, 6) is 7.38. The molecule has 19 heavy (non-hydrogen) atoms. The quantitative estimate of drug-likeness (QED) is 0.648. The fourth-order valence-electron chi connectivity index (χ4n) is 1.99. The Morgan fingerprint density at radius 2 is 2.16 bits per heavy atom. The molecule has 3 N–H and O–H groups in total. The lowest BCUT2D eigenvalue weighted by Gasteiger charge is -2.06. The second-order valence-corrected chi connectivity index (χ2v) is 5.22. The predicted molar refractivity (Wildman–Crippen MR) is 73.4 cm³/mol. The van der Waals surface area contributed by atoms with Gasteiger partial charge in [0.2, 0.25) is 0 Å². The van der Waals surface area contributed by atoms with Gasteiger partial charge in [-0.3, -0.25) is 4.68 Å². The van der Waals surface area contributed by atoms with Crippen LogP contribution in [0.15, 0.2) is 18.5 Å². The second-order valence-electron chi connectivity index (χ2n) is 5.22. The second kappa shape index (κ2) is 4.62. The van der Waals surface area contributed by atoms with Gasteiger partial charge in [-0.15, -0.1) is 0 Å². The Labute approximate surface area is 112 Å². The topological polar surface area (TPSA) is 81.7 Å². The molecule has 1 aliphatic rings. The Hall–Kier alpha value is -1.95. The minimum absolute atomic E-state index is 0.326. The third-order valence-electron chi connectivity index (χ3n) is 3.28. The SMILES string of the molecule is CC(C)n1cc(-c2nc(NN)cc(C3CC3)n2)cn1. The minimum Gasteiger partial charge on any atom is -0.308 e. The van der Waals surface area contributed by atoms with Crippen LogP contribution in [0.1, 0.15) is 44.3 Å². The van der Waals surface area contributed by atoms with Gasteiger partial charge in [-0.2, -0.15) is 5.10 Å². The Bertz CT molecular complexity index is 585. The summed E-state index contributed by atoms with van der Waals surface area (Å²) in [5, 5.41) is 4.32. The van der Waals surface area contributed by atoms with E-state index in [1.165, 1.54) is 12.8 Å². The molecule has 6 heteroatoms. The van der Waals surface area contributed by atoms with Crippen molar-refractivity contribution in [2.24, 2.45) is 5.84 Å². The third-order valence-corrected chi connectivity index (χ3v) is 3.28. The molecule has 100 valence electrons. The van der Waals surface area contributed by atoms with Crippen LogP contribution in [-0.2, 0) is 0 Å². The van der Waals surface area contributed by atoms with Crippen LogP contribution in [0.2, 0.25) is 0 Å². The predicted octanol–water partition coefficient (Wildman–Crippen LogP) is 2.08. The number of nitrogens with one attached hydrogen (secondary N) is 1. The summed E-state index contributed by atoms with van der Waals surface area (Å²) in [5.41, 5.74) is 4.60. The molecule has 2 heterocycles. The number of anilines is 1. The zero-order chi connectivity index (χ0) is 13.4. The first-order chi connectivity index (χ1) is 9.17. The van der Waals surface area contributed by atoms with E-state index in [9.17, 15) is 0 Å². The summed E-state index contributed by atoms with van der Waals surface area (Å²) in [6, 6.07) is 2.25. The fourth-order valence-corrected chi connectivity index (χ4v) is 1.99. The van der Waals surface area contributed by atoms with E-state index in [0.29, 0.717) is 23.6 Å². The molecule has 0 radical (unpaired) electrons. The molecule has 0 atom stereocenters. The van der Waals surface area contributed by atoms with Crippen molar-refractivity contribution in [3.63, 3.8) is 0 Å². The van der Waals surface area contributed by atoms with E-state index in [4.69, 9.17) is 5.84 Å². The van der Waals surface area contributed by atoms with Gasteiger partial charge in [0.1, 0.15) is 5.82 Å². The number of nitrogen functional groups attached to an aromatic ring is 1. The number of nitrogens with zero attached hydrogens (tertiary/aromatic N) is 4. The van der Waals surface area contributed by atoms with Crippen LogP contribution in [-0.4, -0.2) is 19.7 Å². The zero-order valence-electron chi connectivity index (χ0n) is 11.2. The van der Waals surface area contributed by atoms with E-state index < -0.39 is 0 Å². The summed E-state index contributed by atoms with van der Waals surface area (Å²) in [4.78, 5) is 9.03. The third kappa shape index (κ3) is 2.44. The van der Waals surface area contributed by atoms with Gasteiger partial charge in [-0.25, -0.2) is 15.8 Å². The first kappa shape index (κ1) is 12.1. The first-order valence-electron chi connectivity index (χ1n) is 6.57. The van der Waals surface area contributed by atoms with Crippen molar-refractivity contribution < 1.29 is 0 Å². The standard InChI is InChI=1S/C13H18N6/c1-8(2)19-7-10(6-15-19)13-16-11(9-3-4-9)5-12(17-13)18-14/h5-9H,3-4,14H2,1-2H3,(H,16,17,18). The van der Waals surface area contributed by atoms with Gasteiger partial charge in [0.15, 0.2) is 5.82 Å². The van der Waals surface area contributed by atoms with Gasteiger partial charge < -0.3 is 5.43 Å². The highest BCUT2D eigenvalue weighted by Crippen LogP contribution is 2.40. The Balaban J connectivity index is 2.00. The molecule has 1 saturated carbocycles. The lowest BCUT2D eigenvalue weighted by atomic mass is 10.2. The Morgan fingerprint density at radius 1 is 1.37 bits per heavy atom. The largest absolute Gasteiger partial charge is 0.308 e. The van der Waals surface area contributed by atoms with Crippen LogP contribution in [0, 0.1) is 0 Å². The number of hydrogen-bond donors (Lipinski definition) is 2. The number of aromatic nitrogens is 4. The van der Waals surface area contributed by atoms with Crippen molar-refractivity contribution in [3.05, 3.63) is 24.2 Å². The van der Waals surface area contributed by atoms with E-state index in [1.807, 2.05) is 16.9 Å². The molecule has 0 spiro atoms. The van der Waals surface area contributed by atoms with Crippen molar-refractivity contribution in [2.45, 2.75) is 38.6 Å². The van der Waals surface area contributed by atoms with Gasteiger partial charge in [-0.05, 0) is 26.7 Å². The van der Waals surface area contributed by atoms with Crippen molar-refractivity contribution >= 4 is 5.82 Å². The normalized spacial score (nSPS) is 14.9. The fraction of sp³-hybridized carbons (Fsp3) is 0.462. The zero-order valence-corrected chi connectivity index (χ0v) is 11.2. The lowest BCUT2D eigenvalue weighted by Crippen LogP contribution is -2.10. The molecular formula is C13H18N6. The van der Waals surface area contributed by atoms with Crippen molar-refractivity contribution in [1.82, 2.24) is 19.7 Å². The maximum atomic E-state index is 5.48. The molecule has 1 aliphatic carbocycles. The van der Waals surface area contributed by atoms with E-state index in [0.717, 1.165) is 11.3 Å². The van der Waals surface area contributed by atoms with E-state index in [1.54, 1.807) is 6.20 Å². The molecule has 2 aromatic heterocycles. The average molecular weight is 258 g/mol. The maximum Gasteiger partial charge on any atom is 0.165 e. The number of rotatable bonds is 4. The molecule has 0 saturated heterocycles. The van der Waals surface area contributed by atoms with E-state index >= 15 is 0 Å². The minimum atomic E-state index is 0.326. The number of hydrogen-bond acceptors (Lipinski definition) is 5. The maximum absolute atomic E-state index is 5.48. The van der Waals surface area contributed by atoms with Gasteiger partial charge in [-0.1, -0.05) is 0 Å². The number of nitrogens with two attached hydrogens (primary N) is 1. The Morgan fingerprint density at radius 3 is 2.74 bits per heavy atom. The lowest BCUT2D eigenvalue weighted by molar-refractivity contribution is 0.532. The van der Waals surface area contributed by atoms with Gasteiger partial charge >= 0.3 is 0 Å². The molecule has 0 bridgehead atoms. The van der Waals surface area contributed by atoms with Crippen LogP contribution < -0.4 is 11.3 Å². The van der Waals surface area contributed by atoms with Crippen LogP contribution in [0.4, 0.5) is 5.82 Å². The summed E-state index contributed by atoms with van der Waals surface area (Å²) in [7, 11) is 0. The van der Waals surface area contributed by atoms with E-state index in [-0.39, 0.29) is 0 Å². The first-order valence-corrected chi connectivity index (χ1v) is 6.57. The Kier molecular flexibility index (Phi) is 2.94. The average Bonchev–Trinajstić information content (AvgIpc) is 3.14. The van der Waals surface area contributed by atoms with Crippen molar-refractivity contribution in [3.8, 4) is 11.4 Å². The molecule has 0 amide bonds. The van der Waals surface area contributed by atoms with E-state index in [2.05, 4.69) is 34.3 Å². The van der Waals surface area contributed by atoms with Crippen molar-refractivity contribution in [1.29, 1.82) is 0 Å². The van der Waals surface area contributed by atoms with Gasteiger partial charge in [0.05, 0.1) is 11.8 Å². The molecule has 3 rings (SSSR count). The summed E-state index contributed by atoms with van der Waals surface area (Å²) in [6.07, 6.45) is 6.17. The highest BCUT2D eigenvalue weighted by molar-refractivity contribution is 5.56. The summed E-state index contributed by atoms with van der Waals surface area (Å²) in [6.45, 7) is 4.18. The molecule has 0 unspecified atom stereocenters. The molecule has 0 aliphatic heterocycles. The molecule has 6 nitrogen and oxygen atoms in total. The molecule has 0 aromatic carbocycles. The van der Waals surface area contributed by atoms with Gasteiger partial charge in [0.25, 0.3) is 0 Å². The van der Waals surface area contributed by atoms with Crippen LogP contribution in [0.25, 0.3) is 11.4 Å². The molecule has 1 fully saturated rings.